The van der Waals surface area contributed by atoms with E-state index in [-0.39, 0.29) is 23.8 Å². The zero-order chi connectivity index (χ0) is 22.3. The third-order valence-electron chi connectivity index (χ3n) is 5.95. The van der Waals surface area contributed by atoms with Gasteiger partial charge in [0.25, 0.3) is 0 Å². The Hall–Kier alpha value is -2.96. The van der Waals surface area contributed by atoms with Gasteiger partial charge in [0.15, 0.2) is 6.19 Å². The highest BCUT2D eigenvalue weighted by atomic mass is 19.4. The quantitative estimate of drug-likeness (QED) is 0.694. The van der Waals surface area contributed by atoms with Crippen LogP contribution in [0, 0.1) is 30.2 Å². The fourth-order valence-corrected chi connectivity index (χ4v) is 4.54. The van der Waals surface area contributed by atoms with E-state index in [2.05, 4.69) is 21.6 Å². The summed E-state index contributed by atoms with van der Waals surface area (Å²) in [7, 11) is 0. The number of hydrogen-bond donors (Lipinski definition) is 1. The van der Waals surface area contributed by atoms with Crippen molar-refractivity contribution < 1.29 is 17.9 Å². The molecule has 2 aromatic rings. The molecule has 10 heteroatoms. The van der Waals surface area contributed by atoms with Gasteiger partial charge in [-0.15, -0.1) is 5.10 Å². The Bertz CT molecular complexity index is 982. The lowest BCUT2D eigenvalue weighted by molar-refractivity contribution is -0.137. The second-order valence-electron chi connectivity index (χ2n) is 8.66. The number of ether oxygens (including phenoxy) is 1. The molecule has 1 N–H and O–H groups in total. The number of hydrogen-bond acceptors (Lipinski definition) is 6. The predicted molar refractivity (Wildman–Crippen MR) is 107 cm³/mol. The Labute approximate surface area is 178 Å². The number of nitrogens with one attached hydrogen (secondary N) is 1. The van der Waals surface area contributed by atoms with E-state index in [0.717, 1.165) is 25.0 Å². The Morgan fingerprint density at radius 1 is 1.19 bits per heavy atom. The average Bonchev–Trinajstić information content (AvgIpc) is 3.17. The predicted octanol–water partition coefficient (Wildman–Crippen LogP) is 4.58. The Morgan fingerprint density at radius 3 is 2.45 bits per heavy atom. The van der Waals surface area contributed by atoms with Gasteiger partial charge in [0.1, 0.15) is 5.75 Å². The number of anilines is 1. The average molecular weight is 434 g/mol. The van der Waals surface area contributed by atoms with E-state index in [9.17, 15) is 18.4 Å². The van der Waals surface area contributed by atoms with Crippen LogP contribution < -0.4 is 10.1 Å². The summed E-state index contributed by atoms with van der Waals surface area (Å²) < 4.78 is 46.8. The minimum atomic E-state index is -4.46. The van der Waals surface area contributed by atoms with E-state index in [4.69, 9.17) is 4.74 Å². The van der Waals surface area contributed by atoms with Gasteiger partial charge in [-0.25, -0.2) is 4.68 Å². The van der Waals surface area contributed by atoms with Crippen molar-refractivity contribution in [1.29, 1.82) is 5.26 Å². The molecule has 166 valence electrons. The number of benzene rings is 1. The monoisotopic (exact) mass is 434 g/mol. The first-order valence-electron chi connectivity index (χ1n) is 10.4. The van der Waals surface area contributed by atoms with Crippen LogP contribution in [0.2, 0.25) is 0 Å². The molecule has 4 rings (SSSR count). The number of rotatable bonds is 5. The van der Waals surface area contributed by atoms with Gasteiger partial charge in [-0.2, -0.15) is 23.4 Å². The van der Waals surface area contributed by atoms with Crippen molar-refractivity contribution in [2.45, 2.75) is 51.9 Å². The zero-order valence-corrected chi connectivity index (χ0v) is 17.6. The molecule has 1 aromatic heterocycles. The van der Waals surface area contributed by atoms with Crippen molar-refractivity contribution in [1.82, 2.24) is 19.7 Å². The first kappa shape index (κ1) is 21.3. The maximum atomic E-state index is 13.2. The van der Waals surface area contributed by atoms with Crippen molar-refractivity contribution in [2.75, 3.05) is 18.4 Å². The highest BCUT2D eigenvalue weighted by Crippen LogP contribution is 2.39. The lowest BCUT2D eigenvalue weighted by Crippen LogP contribution is -2.46. The van der Waals surface area contributed by atoms with Gasteiger partial charge in [0.2, 0.25) is 5.95 Å². The summed E-state index contributed by atoms with van der Waals surface area (Å²) in [6.45, 7) is 6.81. The number of nitriles is 1. The van der Waals surface area contributed by atoms with Gasteiger partial charge in [0, 0.05) is 19.1 Å². The molecule has 1 aromatic carbocycles. The second-order valence-corrected chi connectivity index (χ2v) is 8.66. The zero-order valence-electron chi connectivity index (χ0n) is 17.6. The minimum absolute atomic E-state index is 0.0653. The number of alkyl halides is 3. The van der Waals surface area contributed by atoms with Crippen molar-refractivity contribution >= 4 is 5.95 Å². The topological polar surface area (TPSA) is 79.0 Å². The molecular formula is C21H25F3N6O. The Balaban J connectivity index is 1.57. The molecule has 0 amide bonds. The molecule has 3 atom stereocenters. The normalized spacial score (nSPS) is 23.2. The van der Waals surface area contributed by atoms with E-state index in [1.54, 1.807) is 22.6 Å². The van der Waals surface area contributed by atoms with Crippen LogP contribution in [0.25, 0.3) is 0 Å². The molecule has 1 aliphatic carbocycles. The van der Waals surface area contributed by atoms with Gasteiger partial charge < -0.3 is 15.0 Å². The van der Waals surface area contributed by atoms with Crippen molar-refractivity contribution in [3.63, 3.8) is 0 Å². The molecule has 31 heavy (non-hydrogen) atoms. The largest absolute Gasteiger partial charge is 0.424 e. The van der Waals surface area contributed by atoms with Gasteiger partial charge in [-0.3, -0.25) is 0 Å². The first-order valence-corrected chi connectivity index (χ1v) is 10.4. The van der Waals surface area contributed by atoms with Crippen LogP contribution in [0.1, 0.15) is 43.9 Å². The van der Waals surface area contributed by atoms with E-state index in [1.807, 2.05) is 13.8 Å². The van der Waals surface area contributed by atoms with E-state index >= 15 is 0 Å². The van der Waals surface area contributed by atoms with Crippen LogP contribution in [-0.2, 0) is 6.18 Å². The smallest absolute Gasteiger partial charge is 0.416 e. The molecule has 2 fully saturated rings. The highest BCUT2D eigenvalue weighted by Gasteiger charge is 2.42. The summed E-state index contributed by atoms with van der Waals surface area (Å²) >= 11 is 0. The Kier molecular flexibility index (Phi) is 5.45. The lowest BCUT2D eigenvalue weighted by atomic mass is 9.92. The summed E-state index contributed by atoms with van der Waals surface area (Å²) in [5, 5.41) is 17.1. The molecule has 2 bridgehead atoms. The summed E-state index contributed by atoms with van der Waals surface area (Å²) in [6.07, 6.45) is -0.144. The van der Waals surface area contributed by atoms with Crippen LogP contribution in [0.5, 0.6) is 11.8 Å². The summed E-state index contributed by atoms with van der Waals surface area (Å²) in [5.41, 5.74) is -0.322. The van der Waals surface area contributed by atoms with Crippen LogP contribution >= 0.6 is 0 Å². The van der Waals surface area contributed by atoms with Crippen molar-refractivity contribution in [3.8, 4) is 18.0 Å². The lowest BCUT2D eigenvalue weighted by Gasteiger charge is -2.35. The van der Waals surface area contributed by atoms with E-state index < -0.39 is 11.7 Å². The SMILES string of the molecule is Cc1cc(Oc2nc(N[C@@H]3[C@@H]4CC[C@H]3CN(C#N)C4)nn2C(C)C)cc(C(F)(F)F)c1. The number of fused-ring (bicyclic) bond motifs is 2. The molecule has 1 aliphatic heterocycles. The molecule has 1 saturated heterocycles. The van der Waals surface area contributed by atoms with Gasteiger partial charge >= 0.3 is 12.2 Å². The molecule has 2 heterocycles. The van der Waals surface area contributed by atoms with Crippen LogP contribution in [0.3, 0.4) is 0 Å². The van der Waals surface area contributed by atoms with Crippen molar-refractivity contribution in [2.24, 2.45) is 11.8 Å². The molecule has 0 spiro atoms. The summed E-state index contributed by atoms with van der Waals surface area (Å²) in [6, 6.07) is 3.80. The van der Waals surface area contributed by atoms with E-state index in [1.165, 1.54) is 0 Å². The number of aryl methyl sites for hydroxylation is 1. The molecule has 0 radical (unpaired) electrons. The maximum absolute atomic E-state index is 13.2. The number of nitrogens with zero attached hydrogens (tertiary/aromatic N) is 5. The van der Waals surface area contributed by atoms with Gasteiger partial charge in [0.05, 0.1) is 11.6 Å². The second kappa shape index (κ2) is 7.94. The molecule has 7 nitrogen and oxygen atoms in total. The summed E-state index contributed by atoms with van der Waals surface area (Å²) in [5.74, 6) is 1.12. The standard InChI is InChI=1S/C21H25F3N6O/c1-12(2)30-20(31-17-7-13(3)6-16(8-17)21(22,23)24)27-19(28-30)26-18-14-4-5-15(18)10-29(9-14)11-25/h6-8,12,14-15,18H,4-5,9-10H2,1-3H3,(H,26,28)/t14-,15+,18-. The molecule has 0 unspecified atom stereocenters. The fraction of sp³-hybridized carbons (Fsp3) is 0.571. The van der Waals surface area contributed by atoms with Crippen LogP contribution in [-0.4, -0.2) is 38.8 Å². The maximum Gasteiger partial charge on any atom is 0.416 e. The number of halogens is 3. The Morgan fingerprint density at radius 2 is 1.87 bits per heavy atom. The van der Waals surface area contributed by atoms with Gasteiger partial charge in [-0.05, 0) is 69.2 Å². The third kappa shape index (κ3) is 4.40. The highest BCUT2D eigenvalue weighted by molar-refractivity contribution is 5.38. The van der Waals surface area contributed by atoms with Gasteiger partial charge in [-0.1, -0.05) is 0 Å². The fourth-order valence-electron chi connectivity index (χ4n) is 4.54. The van der Waals surface area contributed by atoms with Crippen LogP contribution in [0.15, 0.2) is 18.2 Å². The summed E-state index contributed by atoms with van der Waals surface area (Å²) in [4.78, 5) is 6.23. The third-order valence-corrected chi connectivity index (χ3v) is 5.95. The molecule has 1 saturated carbocycles. The van der Waals surface area contributed by atoms with Crippen molar-refractivity contribution in [3.05, 3.63) is 29.3 Å². The van der Waals surface area contributed by atoms with Crippen LogP contribution in [0.4, 0.5) is 19.1 Å². The number of piperidine rings is 1. The number of likely N-dealkylation sites (tertiary alicyclic amines) is 1. The number of aromatic nitrogens is 3. The minimum Gasteiger partial charge on any atom is -0.424 e. The molecular weight excluding hydrogens is 409 g/mol. The first-order chi connectivity index (χ1) is 14.6. The molecule has 2 aliphatic rings. The van der Waals surface area contributed by atoms with E-state index in [0.29, 0.717) is 36.4 Å².